The Hall–Kier alpha value is -6.94. The molecule has 0 radical (unpaired) electrons. The van der Waals surface area contributed by atoms with Crippen LogP contribution in [0.25, 0.3) is 44.1 Å². The lowest BCUT2D eigenvalue weighted by Gasteiger charge is -2.40. The van der Waals surface area contributed by atoms with Crippen molar-refractivity contribution in [1.29, 1.82) is 10.5 Å². The number of ketones is 2. The summed E-state index contributed by atoms with van der Waals surface area (Å²) in [4.78, 5) is 39.5. The molecule has 12 rings (SSSR count). The predicted octanol–water partition coefficient (Wildman–Crippen LogP) is 13.7. The average molecular weight is 863 g/mol. The van der Waals surface area contributed by atoms with Crippen molar-refractivity contribution in [3.05, 3.63) is 194 Å². The van der Waals surface area contributed by atoms with Crippen LogP contribution in [0, 0.1) is 47.6 Å². The third-order valence-corrected chi connectivity index (χ3v) is 17.6. The summed E-state index contributed by atoms with van der Waals surface area (Å²) in [7, 11) is 0. The zero-order valence-corrected chi connectivity index (χ0v) is 36.5. The Kier molecular flexibility index (Phi) is 8.64. The fraction of sp³-hybridized carbons (Fsp3) is 0.250. The summed E-state index contributed by atoms with van der Waals surface area (Å²) in [6.07, 6.45) is 25.5. The van der Waals surface area contributed by atoms with Crippen molar-refractivity contribution in [2.24, 2.45) is 11.8 Å². The molecule has 2 spiro atoms. The molecule has 0 saturated heterocycles. The number of carbonyl (C=O) groups excluding carboxylic acids is 2. The first-order chi connectivity index (χ1) is 31.3. The van der Waals surface area contributed by atoms with Gasteiger partial charge >= 0.3 is 0 Å². The first-order valence-corrected chi connectivity index (χ1v) is 23.9. The van der Waals surface area contributed by atoms with Gasteiger partial charge in [0.2, 0.25) is 0 Å². The molecule has 8 aliphatic rings. The van der Waals surface area contributed by atoms with E-state index in [1.165, 1.54) is 56.0 Å². The van der Waals surface area contributed by atoms with E-state index in [2.05, 4.69) is 58.3 Å². The summed E-state index contributed by atoms with van der Waals surface area (Å²) in [5.74, 6) is 0.107. The van der Waals surface area contributed by atoms with E-state index in [9.17, 15) is 20.1 Å². The molecule has 6 nitrogen and oxygen atoms in total. The number of allylic oxidation sites excluding steroid dienone is 14. The molecule has 2 aromatic carbocycles. The van der Waals surface area contributed by atoms with E-state index < -0.39 is 0 Å². The van der Waals surface area contributed by atoms with Gasteiger partial charge in [0.1, 0.15) is 0 Å². The highest BCUT2D eigenvalue weighted by molar-refractivity contribution is 7.14. The van der Waals surface area contributed by atoms with E-state index in [4.69, 9.17) is 13.1 Å². The van der Waals surface area contributed by atoms with Crippen LogP contribution in [-0.4, -0.2) is 11.6 Å². The summed E-state index contributed by atoms with van der Waals surface area (Å²) in [5.41, 5.74) is 12.1. The second-order valence-corrected chi connectivity index (χ2v) is 20.5. The molecule has 0 N–H and O–H groups in total. The molecular formula is C56H38N4O2S2. The largest absolute Gasteiger partial charge is 0.289 e. The number of fused-ring (bicyclic) bond motifs is 13. The maximum atomic E-state index is 13.9. The second-order valence-electron chi connectivity index (χ2n) is 18.3. The Bertz CT molecular complexity index is 3070. The highest BCUT2D eigenvalue weighted by Gasteiger charge is 2.52. The quantitative estimate of drug-likeness (QED) is 0.114. The number of Topliss-reactive ketones (excluding diaryl/α,β-unsaturated/α-hetero) is 2. The molecule has 8 aliphatic carbocycles. The SMILES string of the molecule is [C-]#[N+]C(C#N)=C1/C(=C/c2cc3c(s2)C2=CC4C=C5C(=CC4C=C2C32CCCCC2)c2sc(/C=C3\C(=O)c4ccccc4\C3=C(\C#N)[N+]#[C-])cc2C52CCCCC2)C(=O)c2ccccc21. The lowest BCUT2D eigenvalue weighted by atomic mass is 9.63. The van der Waals surface area contributed by atoms with Crippen LogP contribution >= 0.6 is 22.7 Å². The minimum absolute atomic E-state index is 0.0568. The van der Waals surface area contributed by atoms with Gasteiger partial charge in [-0.2, -0.15) is 0 Å². The van der Waals surface area contributed by atoms with E-state index in [1.54, 1.807) is 34.8 Å². The summed E-state index contributed by atoms with van der Waals surface area (Å²) < 4.78 is 0. The van der Waals surface area contributed by atoms with Crippen LogP contribution < -0.4 is 0 Å². The molecule has 64 heavy (non-hydrogen) atoms. The van der Waals surface area contributed by atoms with Gasteiger partial charge in [-0.05, 0) is 94.5 Å². The van der Waals surface area contributed by atoms with E-state index in [0.717, 1.165) is 61.1 Å². The first kappa shape index (κ1) is 38.7. The molecule has 306 valence electrons. The molecule has 4 aromatic rings. The van der Waals surface area contributed by atoms with Gasteiger partial charge in [-0.15, -0.1) is 22.7 Å². The molecule has 2 saturated carbocycles. The van der Waals surface area contributed by atoms with Crippen LogP contribution in [0.4, 0.5) is 0 Å². The van der Waals surface area contributed by atoms with Gasteiger partial charge in [-0.3, -0.25) is 9.59 Å². The number of carbonyl (C=O) groups is 2. The smallest absolute Gasteiger partial charge is 0.270 e. The fourth-order valence-electron chi connectivity index (χ4n) is 12.6. The van der Waals surface area contributed by atoms with Crippen LogP contribution in [-0.2, 0) is 10.8 Å². The molecule has 2 atom stereocenters. The Balaban J connectivity index is 0.962. The van der Waals surface area contributed by atoms with E-state index in [1.807, 2.05) is 48.6 Å². The third-order valence-electron chi connectivity index (χ3n) is 15.3. The van der Waals surface area contributed by atoms with Gasteiger partial charge < -0.3 is 0 Å². The van der Waals surface area contributed by atoms with Crippen molar-refractivity contribution in [3.8, 4) is 12.1 Å². The van der Waals surface area contributed by atoms with E-state index in [0.29, 0.717) is 44.5 Å². The number of hydrogen-bond donors (Lipinski definition) is 0. The van der Waals surface area contributed by atoms with Crippen molar-refractivity contribution in [3.63, 3.8) is 0 Å². The lowest BCUT2D eigenvalue weighted by Crippen LogP contribution is -2.31. The molecule has 2 heterocycles. The Labute approximate surface area is 380 Å². The van der Waals surface area contributed by atoms with Crippen LogP contribution in [0.2, 0.25) is 0 Å². The Morgan fingerprint density at radius 1 is 0.594 bits per heavy atom. The predicted molar refractivity (Wildman–Crippen MR) is 253 cm³/mol. The topological polar surface area (TPSA) is 90.4 Å². The van der Waals surface area contributed by atoms with Crippen molar-refractivity contribution >= 4 is 68.7 Å². The second kappa shape index (κ2) is 14.3. The number of benzene rings is 2. The lowest BCUT2D eigenvalue weighted by molar-refractivity contribution is 0.103. The molecule has 8 heteroatoms. The standard InChI is InChI=1S/C56H38N4O2S2/c1-59-47(29-57)49-35-13-5-7-15-37(35)51(61)41(49)25-33-27-45-53(63-33)39-21-31-24-44-40(22-32(31)23-43(39)55(45)17-9-3-10-18-55)54-46(56(44)19-11-4-12-20-56)28-34(64-54)26-42-50(48(30-58)60-2)36-14-6-8-16-38(36)52(42)62/h5-8,13-16,21-28,31-32H,3-4,9-12,17-20H2/b41-25-,42-26-,49-47+,50-48?. The molecular weight excluding hydrogens is 825 g/mol. The molecule has 2 fully saturated rings. The average Bonchev–Trinajstić information content (AvgIpc) is 4.16. The number of rotatable bonds is 2. The van der Waals surface area contributed by atoms with Gasteiger partial charge in [0.05, 0.1) is 25.3 Å². The van der Waals surface area contributed by atoms with Crippen LogP contribution in [0.5, 0.6) is 0 Å². The first-order valence-electron chi connectivity index (χ1n) is 22.3. The maximum Gasteiger partial charge on any atom is 0.270 e. The van der Waals surface area contributed by atoms with Crippen LogP contribution in [0.1, 0.15) is 127 Å². The number of thiophene rings is 2. The van der Waals surface area contributed by atoms with Crippen LogP contribution in [0.15, 0.2) is 119 Å². The minimum atomic E-state index is -0.141. The highest BCUT2D eigenvalue weighted by atomic mass is 32.1. The molecule has 0 bridgehead atoms. The zero-order valence-electron chi connectivity index (χ0n) is 34.9. The number of hydrogen-bond acceptors (Lipinski definition) is 6. The van der Waals surface area contributed by atoms with Crippen molar-refractivity contribution in [1.82, 2.24) is 0 Å². The number of nitriles is 2. The van der Waals surface area contributed by atoms with Gasteiger partial charge in [0.25, 0.3) is 11.4 Å². The Morgan fingerprint density at radius 3 is 1.36 bits per heavy atom. The van der Waals surface area contributed by atoms with Gasteiger partial charge in [-0.1, -0.05) is 111 Å². The van der Waals surface area contributed by atoms with E-state index >= 15 is 0 Å². The molecule has 0 aliphatic heterocycles. The zero-order chi connectivity index (χ0) is 43.5. The Morgan fingerprint density at radius 2 is 0.984 bits per heavy atom. The van der Waals surface area contributed by atoms with Gasteiger partial charge in [0, 0.05) is 75.6 Å². The minimum Gasteiger partial charge on any atom is -0.289 e. The van der Waals surface area contributed by atoms with Crippen molar-refractivity contribution in [2.45, 2.75) is 75.0 Å². The van der Waals surface area contributed by atoms with Crippen LogP contribution in [0.3, 0.4) is 0 Å². The molecule has 0 amide bonds. The summed E-state index contributed by atoms with van der Waals surface area (Å²) in [6, 6.07) is 23.4. The maximum absolute atomic E-state index is 13.9. The molecule has 2 unspecified atom stereocenters. The molecule has 2 aromatic heterocycles. The van der Waals surface area contributed by atoms with Crippen molar-refractivity contribution in [2.75, 3.05) is 0 Å². The van der Waals surface area contributed by atoms with E-state index in [-0.39, 0.29) is 45.6 Å². The van der Waals surface area contributed by atoms with Crippen molar-refractivity contribution < 1.29 is 9.59 Å². The number of nitrogens with zero attached hydrogens (tertiary/aromatic N) is 4. The third kappa shape index (κ3) is 5.25. The highest BCUT2D eigenvalue weighted by Crippen LogP contribution is 2.65. The normalized spacial score (nSPS) is 25.3. The monoisotopic (exact) mass is 862 g/mol. The fourth-order valence-corrected chi connectivity index (χ4v) is 15.1. The van der Waals surface area contributed by atoms with Gasteiger partial charge in [-0.25, -0.2) is 20.2 Å². The van der Waals surface area contributed by atoms with Gasteiger partial charge in [0.15, 0.2) is 11.6 Å². The summed E-state index contributed by atoms with van der Waals surface area (Å²) >= 11 is 3.47. The summed E-state index contributed by atoms with van der Waals surface area (Å²) in [6.45, 7) is 15.6. The summed E-state index contributed by atoms with van der Waals surface area (Å²) in [5, 5.41) is 20.0.